The molecule has 1 heterocycles. The Kier molecular flexibility index (Phi) is 7.39. The molecule has 0 atom stereocenters. The third kappa shape index (κ3) is 5.15. The molecular weight excluding hydrogens is 446 g/mol. The molecule has 3 nitrogen and oxygen atoms in total. The summed E-state index contributed by atoms with van der Waals surface area (Å²) in [4.78, 5) is 3.15. The zero-order chi connectivity index (χ0) is 19.2. The maximum absolute atomic E-state index is 6.24. The predicted molar refractivity (Wildman–Crippen MR) is 118 cm³/mol. The zero-order valence-corrected chi connectivity index (χ0v) is 18.5. The normalized spacial score (nSPS) is 14.1. The van der Waals surface area contributed by atoms with Crippen LogP contribution in [0, 0.1) is 0 Å². The Bertz CT molecular complexity index is 809. The van der Waals surface area contributed by atoms with E-state index in [0.717, 1.165) is 33.7 Å². The van der Waals surface area contributed by atoms with Crippen LogP contribution in [0.1, 0.15) is 37.3 Å². The van der Waals surface area contributed by atoms with E-state index in [-0.39, 0.29) is 0 Å². The van der Waals surface area contributed by atoms with Gasteiger partial charge in [0.1, 0.15) is 11.6 Å². The molecule has 1 aliphatic rings. The molecule has 1 aliphatic heterocycles. The summed E-state index contributed by atoms with van der Waals surface area (Å²) in [5, 5.41) is 0.689. The van der Waals surface area contributed by atoms with Crippen molar-refractivity contribution < 1.29 is 9.47 Å². The lowest BCUT2D eigenvalue weighted by atomic mass is 10.1. The smallest absolute Gasteiger partial charge is 0.175 e. The van der Waals surface area contributed by atoms with E-state index in [0.29, 0.717) is 29.7 Å². The predicted octanol–water partition coefficient (Wildman–Crippen LogP) is 6.24. The van der Waals surface area contributed by atoms with Crippen LogP contribution in [0.2, 0.25) is 5.02 Å². The van der Waals surface area contributed by atoms with Gasteiger partial charge in [0.2, 0.25) is 0 Å². The molecule has 0 unspecified atom stereocenters. The average molecular weight is 469 g/mol. The van der Waals surface area contributed by atoms with Gasteiger partial charge < -0.3 is 14.4 Å². The largest absolute Gasteiger partial charge is 0.490 e. The van der Waals surface area contributed by atoms with E-state index < -0.39 is 0 Å². The van der Waals surface area contributed by atoms with E-state index in [4.69, 9.17) is 33.3 Å². The molecule has 0 saturated carbocycles. The van der Waals surface area contributed by atoms with Gasteiger partial charge in [0.05, 0.1) is 11.1 Å². The molecule has 0 bridgehead atoms. The molecule has 1 fully saturated rings. The van der Waals surface area contributed by atoms with Crippen LogP contribution in [0.4, 0.5) is 0 Å². The van der Waals surface area contributed by atoms with Crippen molar-refractivity contribution in [1.29, 1.82) is 0 Å². The van der Waals surface area contributed by atoms with Crippen molar-refractivity contribution in [2.75, 3.05) is 19.7 Å². The molecule has 0 N–H and O–H groups in total. The first-order valence-corrected chi connectivity index (χ1v) is 10.8. The third-order valence-electron chi connectivity index (χ3n) is 4.53. The lowest BCUT2D eigenvalue weighted by Gasteiger charge is -2.29. The second-order valence-electron chi connectivity index (χ2n) is 6.45. The van der Waals surface area contributed by atoms with Crippen molar-refractivity contribution in [3.63, 3.8) is 0 Å². The fourth-order valence-corrected chi connectivity index (χ4v) is 4.19. The Morgan fingerprint density at radius 1 is 1.15 bits per heavy atom. The van der Waals surface area contributed by atoms with Crippen molar-refractivity contribution in [3.8, 4) is 11.5 Å². The molecule has 27 heavy (non-hydrogen) atoms. The van der Waals surface area contributed by atoms with Crippen LogP contribution in [-0.2, 0) is 6.61 Å². The van der Waals surface area contributed by atoms with Gasteiger partial charge in [-0.3, -0.25) is 0 Å². The van der Waals surface area contributed by atoms with Gasteiger partial charge in [-0.1, -0.05) is 42.0 Å². The highest BCUT2D eigenvalue weighted by atomic mass is 79.9. The summed E-state index contributed by atoms with van der Waals surface area (Å²) in [5.41, 5.74) is 1.91. The first kappa shape index (κ1) is 20.4. The number of piperidine rings is 1. The van der Waals surface area contributed by atoms with E-state index >= 15 is 0 Å². The van der Waals surface area contributed by atoms with Crippen molar-refractivity contribution >= 4 is 44.7 Å². The zero-order valence-electron chi connectivity index (χ0n) is 15.3. The summed E-state index contributed by atoms with van der Waals surface area (Å²) in [6.07, 6.45) is 3.67. The topological polar surface area (TPSA) is 21.7 Å². The van der Waals surface area contributed by atoms with Gasteiger partial charge in [-0.15, -0.1) is 0 Å². The number of hydrogen-bond acceptors (Lipinski definition) is 3. The van der Waals surface area contributed by atoms with Crippen LogP contribution in [-0.4, -0.2) is 29.6 Å². The standard InChI is InChI=1S/C21H23BrClNO2S/c1-2-25-19-13-16(21(27)24-10-6-3-7-11-24)12-17(22)20(19)26-14-15-8-4-5-9-18(15)23/h4-5,8-9,12-13H,2-3,6-7,10-11,14H2,1H3. The number of nitrogens with zero attached hydrogens (tertiary/aromatic N) is 1. The Morgan fingerprint density at radius 3 is 2.59 bits per heavy atom. The van der Waals surface area contributed by atoms with Gasteiger partial charge in [-0.05, 0) is 60.3 Å². The average Bonchev–Trinajstić information content (AvgIpc) is 2.68. The van der Waals surface area contributed by atoms with Gasteiger partial charge >= 0.3 is 0 Å². The molecule has 0 amide bonds. The van der Waals surface area contributed by atoms with Crippen LogP contribution < -0.4 is 9.47 Å². The number of likely N-dealkylation sites (tertiary alicyclic amines) is 1. The minimum absolute atomic E-state index is 0.369. The second kappa shape index (κ2) is 9.76. The SMILES string of the molecule is CCOc1cc(C(=S)N2CCCCC2)cc(Br)c1OCc1ccccc1Cl. The quantitative estimate of drug-likeness (QED) is 0.468. The molecule has 0 aliphatic carbocycles. The maximum atomic E-state index is 6.24. The van der Waals surface area contributed by atoms with E-state index in [1.807, 2.05) is 43.3 Å². The summed E-state index contributed by atoms with van der Waals surface area (Å²) in [6, 6.07) is 11.7. The molecule has 0 spiro atoms. The van der Waals surface area contributed by atoms with Gasteiger partial charge in [0.15, 0.2) is 11.5 Å². The minimum atomic E-state index is 0.369. The van der Waals surface area contributed by atoms with Gasteiger partial charge in [0.25, 0.3) is 0 Å². The maximum Gasteiger partial charge on any atom is 0.175 e. The van der Waals surface area contributed by atoms with Crippen LogP contribution in [0.3, 0.4) is 0 Å². The van der Waals surface area contributed by atoms with E-state index in [1.165, 1.54) is 19.3 Å². The summed E-state index contributed by atoms with van der Waals surface area (Å²) in [5.74, 6) is 1.36. The fourth-order valence-electron chi connectivity index (χ4n) is 3.14. The minimum Gasteiger partial charge on any atom is -0.490 e. The highest BCUT2D eigenvalue weighted by Crippen LogP contribution is 2.38. The Labute approximate surface area is 179 Å². The highest BCUT2D eigenvalue weighted by Gasteiger charge is 2.19. The van der Waals surface area contributed by atoms with E-state index in [9.17, 15) is 0 Å². The number of hydrogen-bond donors (Lipinski definition) is 0. The Hall–Kier alpha value is -1.30. The van der Waals surface area contributed by atoms with Crippen LogP contribution in [0.5, 0.6) is 11.5 Å². The van der Waals surface area contributed by atoms with Crippen LogP contribution >= 0.6 is 39.7 Å². The van der Waals surface area contributed by atoms with Crippen LogP contribution in [0.15, 0.2) is 40.9 Å². The lowest BCUT2D eigenvalue weighted by molar-refractivity contribution is 0.267. The number of thiocarbonyl (C=S) groups is 1. The number of rotatable bonds is 6. The molecule has 0 radical (unpaired) electrons. The Balaban J connectivity index is 1.83. The van der Waals surface area contributed by atoms with Crippen molar-refractivity contribution in [2.24, 2.45) is 0 Å². The molecule has 2 aromatic carbocycles. The number of benzene rings is 2. The molecule has 1 saturated heterocycles. The van der Waals surface area contributed by atoms with Gasteiger partial charge in [-0.25, -0.2) is 0 Å². The first-order chi connectivity index (χ1) is 13.1. The Morgan fingerprint density at radius 2 is 1.89 bits per heavy atom. The van der Waals surface area contributed by atoms with Crippen molar-refractivity contribution in [3.05, 3.63) is 57.0 Å². The van der Waals surface area contributed by atoms with Gasteiger partial charge in [0, 0.05) is 29.2 Å². The summed E-state index contributed by atoms with van der Waals surface area (Å²) in [7, 11) is 0. The van der Waals surface area contributed by atoms with E-state index in [1.54, 1.807) is 0 Å². The first-order valence-electron chi connectivity index (χ1n) is 9.22. The molecule has 6 heteroatoms. The summed E-state index contributed by atoms with van der Waals surface area (Å²) < 4.78 is 12.7. The molecule has 3 rings (SSSR count). The van der Waals surface area contributed by atoms with Gasteiger partial charge in [-0.2, -0.15) is 0 Å². The molecule has 0 aromatic heterocycles. The highest BCUT2D eigenvalue weighted by molar-refractivity contribution is 9.10. The summed E-state index contributed by atoms with van der Waals surface area (Å²) in [6.45, 7) is 4.92. The van der Waals surface area contributed by atoms with Crippen molar-refractivity contribution in [1.82, 2.24) is 4.90 Å². The lowest BCUT2D eigenvalue weighted by Crippen LogP contribution is -2.34. The molecule has 2 aromatic rings. The number of ether oxygens (including phenoxy) is 2. The van der Waals surface area contributed by atoms with Crippen molar-refractivity contribution in [2.45, 2.75) is 32.8 Å². The third-order valence-corrected chi connectivity index (χ3v) is 5.98. The summed E-state index contributed by atoms with van der Waals surface area (Å²) >= 11 is 15.6. The monoisotopic (exact) mass is 467 g/mol. The second-order valence-corrected chi connectivity index (χ2v) is 8.10. The van der Waals surface area contributed by atoms with E-state index in [2.05, 4.69) is 20.8 Å². The molecular formula is C21H23BrClNO2S. The number of halogens is 2. The van der Waals surface area contributed by atoms with Crippen LogP contribution in [0.25, 0.3) is 0 Å². The fraction of sp³-hybridized carbons (Fsp3) is 0.381. The molecule has 144 valence electrons.